The summed E-state index contributed by atoms with van der Waals surface area (Å²) >= 11 is 5.49. The van der Waals surface area contributed by atoms with Crippen LogP contribution in [0, 0.1) is 0 Å². The Bertz CT molecular complexity index is 249. The van der Waals surface area contributed by atoms with E-state index in [1.54, 1.807) is 0 Å². The van der Waals surface area contributed by atoms with E-state index in [1.165, 1.54) is 32.1 Å². The Morgan fingerprint density at radius 3 is 2.50 bits per heavy atom. The number of hydrogen-bond donors (Lipinski definition) is 1. The van der Waals surface area contributed by atoms with Gasteiger partial charge in [0, 0.05) is 25.2 Å². The molecule has 0 radical (unpaired) electrons. The van der Waals surface area contributed by atoms with Crippen molar-refractivity contribution in [2.75, 3.05) is 27.2 Å². The number of nitrogens with zero attached hydrogens (tertiary/aromatic N) is 2. The summed E-state index contributed by atoms with van der Waals surface area (Å²) in [5.74, 6) is 0. The fourth-order valence-electron chi connectivity index (χ4n) is 2.68. The number of hydrogen-bond acceptors (Lipinski definition) is 2. The van der Waals surface area contributed by atoms with Crippen molar-refractivity contribution >= 4 is 17.3 Å². The van der Waals surface area contributed by atoms with Crippen LogP contribution in [0.3, 0.4) is 0 Å². The summed E-state index contributed by atoms with van der Waals surface area (Å²) in [4.78, 5) is 4.64. The van der Waals surface area contributed by atoms with E-state index >= 15 is 0 Å². The molecule has 1 saturated heterocycles. The van der Waals surface area contributed by atoms with Gasteiger partial charge in [-0.3, -0.25) is 0 Å². The zero-order valence-electron chi connectivity index (χ0n) is 10.4. The van der Waals surface area contributed by atoms with E-state index < -0.39 is 0 Å². The van der Waals surface area contributed by atoms with Crippen molar-refractivity contribution in [1.29, 1.82) is 0 Å². The van der Waals surface area contributed by atoms with Crippen LogP contribution >= 0.6 is 12.2 Å². The van der Waals surface area contributed by atoms with Gasteiger partial charge in [-0.25, -0.2) is 0 Å². The topological polar surface area (TPSA) is 18.5 Å². The highest BCUT2D eigenvalue weighted by Crippen LogP contribution is 2.19. The van der Waals surface area contributed by atoms with E-state index in [-0.39, 0.29) is 0 Å². The minimum absolute atomic E-state index is 0.644. The average molecular weight is 241 g/mol. The first-order valence-electron chi connectivity index (χ1n) is 6.38. The molecule has 0 aromatic heterocycles. The van der Waals surface area contributed by atoms with Crippen LogP contribution in [0.5, 0.6) is 0 Å². The molecule has 2 fully saturated rings. The summed E-state index contributed by atoms with van der Waals surface area (Å²) in [6, 6.07) is 1.31. The first kappa shape index (κ1) is 12.1. The Hall–Kier alpha value is -0.350. The number of rotatable bonds is 2. The lowest BCUT2D eigenvalue weighted by Crippen LogP contribution is -2.43. The van der Waals surface area contributed by atoms with Crippen molar-refractivity contribution in [3.8, 4) is 0 Å². The zero-order valence-corrected chi connectivity index (χ0v) is 11.2. The summed E-state index contributed by atoms with van der Waals surface area (Å²) in [5, 5.41) is 4.50. The maximum absolute atomic E-state index is 5.49. The molecule has 0 bridgehead atoms. The molecule has 1 aliphatic carbocycles. The highest BCUT2D eigenvalue weighted by atomic mass is 32.1. The zero-order chi connectivity index (χ0) is 11.5. The lowest BCUT2D eigenvalue weighted by atomic mass is 10.2. The Balaban J connectivity index is 1.77. The van der Waals surface area contributed by atoms with Crippen LogP contribution < -0.4 is 5.32 Å². The van der Waals surface area contributed by atoms with Gasteiger partial charge in [-0.2, -0.15) is 0 Å². The molecule has 0 spiro atoms. The normalized spacial score (nSPS) is 26.7. The van der Waals surface area contributed by atoms with Gasteiger partial charge in [-0.05, 0) is 45.6 Å². The number of likely N-dealkylation sites (N-methyl/N-ethyl adjacent to an activating group) is 1. The maximum Gasteiger partial charge on any atom is 0.169 e. The van der Waals surface area contributed by atoms with Gasteiger partial charge < -0.3 is 15.1 Å². The van der Waals surface area contributed by atoms with E-state index in [4.69, 9.17) is 12.2 Å². The molecule has 2 rings (SSSR count). The molecule has 1 saturated carbocycles. The summed E-state index contributed by atoms with van der Waals surface area (Å²) in [7, 11) is 4.31. The van der Waals surface area contributed by atoms with Crippen LogP contribution in [0.4, 0.5) is 0 Å². The van der Waals surface area contributed by atoms with Gasteiger partial charge in [-0.1, -0.05) is 12.8 Å². The Morgan fingerprint density at radius 2 is 1.94 bits per heavy atom. The molecule has 1 N–H and O–H groups in total. The molecule has 1 unspecified atom stereocenters. The smallest absolute Gasteiger partial charge is 0.169 e. The van der Waals surface area contributed by atoms with Crippen LogP contribution in [-0.4, -0.2) is 54.2 Å². The van der Waals surface area contributed by atoms with Crippen molar-refractivity contribution in [3.63, 3.8) is 0 Å². The van der Waals surface area contributed by atoms with Crippen molar-refractivity contribution in [3.05, 3.63) is 0 Å². The quantitative estimate of drug-likeness (QED) is 0.737. The highest BCUT2D eigenvalue weighted by Gasteiger charge is 2.26. The SMILES string of the molecule is CN(C)C1CCN(C(=S)NC2CCCC2)C1. The van der Waals surface area contributed by atoms with Crippen LogP contribution in [0.25, 0.3) is 0 Å². The summed E-state index contributed by atoms with van der Waals surface area (Å²) < 4.78 is 0. The molecular formula is C12H23N3S. The maximum atomic E-state index is 5.49. The van der Waals surface area contributed by atoms with Gasteiger partial charge in [0.25, 0.3) is 0 Å². The molecule has 1 aliphatic heterocycles. The predicted octanol–water partition coefficient (Wildman–Crippen LogP) is 1.44. The van der Waals surface area contributed by atoms with E-state index in [1.807, 2.05) is 0 Å². The highest BCUT2D eigenvalue weighted by molar-refractivity contribution is 7.80. The van der Waals surface area contributed by atoms with Crippen LogP contribution in [0.15, 0.2) is 0 Å². The van der Waals surface area contributed by atoms with E-state index in [0.717, 1.165) is 18.2 Å². The number of thiocarbonyl (C=S) groups is 1. The molecule has 92 valence electrons. The van der Waals surface area contributed by atoms with Crippen molar-refractivity contribution in [1.82, 2.24) is 15.1 Å². The first-order valence-corrected chi connectivity index (χ1v) is 6.79. The van der Waals surface area contributed by atoms with Gasteiger partial charge >= 0.3 is 0 Å². The third-order valence-electron chi connectivity index (χ3n) is 3.86. The molecule has 16 heavy (non-hydrogen) atoms. The van der Waals surface area contributed by atoms with Crippen LogP contribution in [0.2, 0.25) is 0 Å². The van der Waals surface area contributed by atoms with Crippen molar-refractivity contribution < 1.29 is 0 Å². The first-order chi connectivity index (χ1) is 7.66. The number of likely N-dealkylation sites (tertiary alicyclic amines) is 1. The second kappa shape index (κ2) is 5.32. The molecule has 0 aromatic carbocycles. The van der Waals surface area contributed by atoms with E-state index in [9.17, 15) is 0 Å². The van der Waals surface area contributed by atoms with E-state index in [2.05, 4.69) is 29.2 Å². The molecular weight excluding hydrogens is 218 g/mol. The lowest BCUT2D eigenvalue weighted by molar-refractivity contribution is 0.300. The molecule has 0 aromatic rings. The third-order valence-corrected chi connectivity index (χ3v) is 4.24. The second-order valence-electron chi connectivity index (χ2n) is 5.28. The summed E-state index contributed by atoms with van der Waals surface area (Å²) in [6.45, 7) is 2.20. The molecule has 3 nitrogen and oxygen atoms in total. The Morgan fingerprint density at radius 1 is 1.25 bits per heavy atom. The second-order valence-corrected chi connectivity index (χ2v) is 5.67. The molecule has 0 amide bonds. The van der Waals surface area contributed by atoms with E-state index in [0.29, 0.717) is 12.1 Å². The summed E-state index contributed by atoms with van der Waals surface area (Å²) in [5.41, 5.74) is 0. The van der Waals surface area contributed by atoms with Gasteiger partial charge in [-0.15, -0.1) is 0 Å². The minimum atomic E-state index is 0.644. The molecule has 1 heterocycles. The molecule has 2 aliphatic rings. The Kier molecular flexibility index (Phi) is 4.03. The van der Waals surface area contributed by atoms with Gasteiger partial charge in [0.05, 0.1) is 0 Å². The standard InChI is InChI=1S/C12H23N3S/c1-14(2)11-7-8-15(9-11)12(16)13-10-5-3-4-6-10/h10-11H,3-9H2,1-2H3,(H,13,16). The lowest BCUT2D eigenvalue weighted by Gasteiger charge is -2.25. The predicted molar refractivity (Wildman–Crippen MR) is 71.7 cm³/mol. The average Bonchev–Trinajstić information content (AvgIpc) is 2.86. The number of nitrogens with one attached hydrogen (secondary N) is 1. The van der Waals surface area contributed by atoms with Crippen molar-refractivity contribution in [2.24, 2.45) is 0 Å². The van der Waals surface area contributed by atoms with Gasteiger partial charge in [0.2, 0.25) is 0 Å². The molecule has 1 atom stereocenters. The van der Waals surface area contributed by atoms with Crippen LogP contribution in [0.1, 0.15) is 32.1 Å². The fourth-order valence-corrected chi connectivity index (χ4v) is 3.02. The monoisotopic (exact) mass is 241 g/mol. The van der Waals surface area contributed by atoms with Gasteiger partial charge in [0.15, 0.2) is 5.11 Å². The van der Waals surface area contributed by atoms with Crippen molar-refractivity contribution in [2.45, 2.75) is 44.2 Å². The Labute approximate surface area is 104 Å². The fraction of sp³-hybridized carbons (Fsp3) is 0.917. The van der Waals surface area contributed by atoms with Gasteiger partial charge in [0.1, 0.15) is 0 Å². The minimum Gasteiger partial charge on any atom is -0.360 e. The van der Waals surface area contributed by atoms with Crippen LogP contribution in [-0.2, 0) is 0 Å². The third kappa shape index (κ3) is 2.86. The largest absolute Gasteiger partial charge is 0.360 e. The molecule has 4 heteroatoms. The summed E-state index contributed by atoms with van der Waals surface area (Å²) in [6.07, 6.45) is 6.55.